The van der Waals surface area contributed by atoms with E-state index in [1.54, 1.807) is 0 Å². The molecule has 0 saturated carbocycles. The normalized spacial score (nSPS) is 13.6. The minimum absolute atomic E-state index is 0. The molecule has 2 nitrogen and oxygen atoms in total. The summed E-state index contributed by atoms with van der Waals surface area (Å²) >= 11 is 0. The monoisotopic (exact) mass is 453 g/mol. The largest absolute Gasteiger partial charge is 0.499 e. The van der Waals surface area contributed by atoms with Crippen LogP contribution >= 0.6 is 16.3 Å². The molecule has 0 aliphatic heterocycles. The smallest absolute Gasteiger partial charge is 0.0946 e. The first-order valence-electron chi connectivity index (χ1n) is 9.41. The van der Waals surface area contributed by atoms with Crippen LogP contribution in [0.2, 0.25) is 0 Å². The Morgan fingerprint density at radius 2 is 0.852 bits per heavy atom. The van der Waals surface area contributed by atoms with Crippen LogP contribution in [0.5, 0.6) is 11.5 Å². The molecule has 0 amide bonds. The summed E-state index contributed by atoms with van der Waals surface area (Å²) in [4.78, 5) is 0. The van der Waals surface area contributed by atoms with Crippen LogP contribution in [0.1, 0.15) is 83.1 Å². The first-order valence-corrected chi connectivity index (χ1v) is 11.9. The summed E-state index contributed by atoms with van der Waals surface area (Å²) in [6.45, 7) is 27.0. The summed E-state index contributed by atoms with van der Waals surface area (Å²) in [5.74, 6) is 1.58. The van der Waals surface area contributed by atoms with Crippen LogP contribution in [0.25, 0.3) is 0 Å². The van der Waals surface area contributed by atoms with Gasteiger partial charge in [-0.3, -0.25) is 0 Å². The molecular weight excluding hydrogens is 414 g/mol. The van der Waals surface area contributed by atoms with Crippen LogP contribution in [-0.4, -0.2) is 20.6 Å². The average Bonchev–Trinajstić information content (AvgIpc) is 2.37. The van der Waals surface area contributed by atoms with E-state index in [-0.39, 0.29) is 37.7 Å². The molecule has 27 heavy (non-hydrogen) atoms. The third-order valence-corrected chi connectivity index (χ3v) is 9.19. The third kappa shape index (κ3) is 8.62. The van der Waals surface area contributed by atoms with E-state index in [1.165, 1.54) is 0 Å². The van der Waals surface area contributed by atoms with Gasteiger partial charge in [0.15, 0.2) is 0 Å². The molecule has 0 fully saturated rings. The van der Waals surface area contributed by atoms with Gasteiger partial charge in [0.1, 0.15) is 0 Å². The molecule has 0 spiro atoms. The summed E-state index contributed by atoms with van der Waals surface area (Å²) in [5, 5.41) is 0.396. The zero-order valence-corrected chi connectivity index (χ0v) is 22.2. The summed E-state index contributed by atoms with van der Waals surface area (Å²) in [5.41, 5.74) is 0. The number of rotatable bonds is 4. The van der Waals surface area contributed by atoms with Gasteiger partial charge in [0.05, 0.1) is 16.3 Å². The molecule has 0 aliphatic rings. The van der Waals surface area contributed by atoms with Crippen LogP contribution in [0.3, 0.4) is 0 Å². The van der Waals surface area contributed by atoms with Crippen molar-refractivity contribution in [2.24, 2.45) is 0 Å². The van der Waals surface area contributed by atoms with Gasteiger partial charge in [-0.25, -0.2) is 0 Å². The minimum atomic E-state index is -0.678. The molecule has 0 heterocycles. The summed E-state index contributed by atoms with van der Waals surface area (Å²) in [6.07, 6.45) is 0. The number of benzene rings is 1. The van der Waals surface area contributed by atoms with Crippen molar-refractivity contribution in [3.05, 3.63) is 24.3 Å². The fourth-order valence-corrected chi connectivity index (χ4v) is 9.02. The van der Waals surface area contributed by atoms with Crippen molar-refractivity contribution >= 4 is 16.3 Å². The molecule has 1 aromatic carbocycles. The fraction of sp³-hybridized carbons (Fsp3) is 0.727. The van der Waals surface area contributed by atoms with Gasteiger partial charge in [-0.2, -0.15) is 6.07 Å². The first-order chi connectivity index (χ1) is 11.4. The summed E-state index contributed by atoms with van der Waals surface area (Å²) in [7, 11) is -1.36. The van der Waals surface area contributed by atoms with Crippen molar-refractivity contribution in [2.75, 3.05) is 0 Å². The molecule has 5 heteroatoms. The van der Waals surface area contributed by atoms with E-state index in [9.17, 15) is 0 Å². The molecule has 158 valence electrons. The third-order valence-electron chi connectivity index (χ3n) is 3.56. The van der Waals surface area contributed by atoms with E-state index in [4.69, 9.17) is 9.05 Å². The Labute approximate surface area is 181 Å². The predicted molar refractivity (Wildman–Crippen MR) is 119 cm³/mol. The number of hydrogen-bond donors (Lipinski definition) is 0. The molecular formula is C22H39FeO2P2-. The van der Waals surface area contributed by atoms with Gasteiger partial charge in [-0.15, -0.1) is 12.1 Å². The Morgan fingerprint density at radius 3 is 1.07 bits per heavy atom. The zero-order chi connectivity index (χ0) is 20.6. The maximum atomic E-state index is 6.47. The standard InChI is InChI=1S/C22H39O2P2.Fe/c1-19(2,3)25(20(4,5)6)23-17-14-13-15-18(16-17)24-26(21(7,8)9)22(10,11)12;/h13-15H,1-12H3;/q-1;. The van der Waals surface area contributed by atoms with Crippen molar-refractivity contribution in [1.29, 1.82) is 0 Å². The van der Waals surface area contributed by atoms with Gasteiger partial charge < -0.3 is 9.05 Å². The van der Waals surface area contributed by atoms with E-state index < -0.39 is 16.3 Å². The Balaban J connectivity index is 0.00000676. The molecule has 1 rings (SSSR count). The van der Waals surface area contributed by atoms with Gasteiger partial charge in [0.2, 0.25) is 0 Å². The van der Waals surface area contributed by atoms with Crippen LogP contribution in [-0.2, 0) is 17.1 Å². The fourth-order valence-electron chi connectivity index (χ4n) is 3.29. The van der Waals surface area contributed by atoms with Crippen molar-refractivity contribution in [3.63, 3.8) is 0 Å². The molecule has 1 aromatic rings. The van der Waals surface area contributed by atoms with Crippen molar-refractivity contribution < 1.29 is 26.1 Å². The Kier molecular flexibility index (Phi) is 9.41. The van der Waals surface area contributed by atoms with Crippen LogP contribution in [0.15, 0.2) is 18.2 Å². The molecule has 0 unspecified atom stereocenters. The maximum Gasteiger partial charge on any atom is 0.0946 e. The van der Waals surface area contributed by atoms with Gasteiger partial charge in [0.25, 0.3) is 0 Å². The van der Waals surface area contributed by atoms with Crippen LogP contribution in [0.4, 0.5) is 0 Å². The quantitative estimate of drug-likeness (QED) is 0.260. The van der Waals surface area contributed by atoms with Gasteiger partial charge in [-0.05, 0) is 0 Å². The van der Waals surface area contributed by atoms with Crippen LogP contribution in [0, 0.1) is 6.07 Å². The van der Waals surface area contributed by atoms with Crippen molar-refractivity contribution in [1.82, 2.24) is 0 Å². The molecule has 0 atom stereocenters. The van der Waals surface area contributed by atoms with Crippen molar-refractivity contribution in [2.45, 2.75) is 104 Å². The summed E-state index contributed by atoms with van der Waals surface area (Å²) < 4.78 is 12.9. The molecule has 0 radical (unpaired) electrons. The Hall–Kier alpha value is 0.199. The van der Waals surface area contributed by atoms with Crippen molar-refractivity contribution in [3.8, 4) is 11.5 Å². The van der Waals surface area contributed by atoms with E-state index in [2.05, 4.69) is 89.2 Å². The molecule has 0 saturated heterocycles. The average molecular weight is 453 g/mol. The SMILES string of the molecule is CC(C)(C)P(Oc1[c-]c(OP(C(C)(C)C)C(C)(C)C)ccc1)C(C)(C)C.[Fe]. The number of hydrogen-bond acceptors (Lipinski definition) is 2. The van der Waals surface area contributed by atoms with E-state index in [0.29, 0.717) is 0 Å². The zero-order valence-electron chi connectivity index (χ0n) is 19.3. The Morgan fingerprint density at radius 1 is 0.593 bits per heavy atom. The van der Waals surface area contributed by atoms with Gasteiger partial charge >= 0.3 is 0 Å². The van der Waals surface area contributed by atoms with E-state index in [0.717, 1.165) is 11.5 Å². The second-order valence-electron chi connectivity index (χ2n) is 10.8. The van der Waals surface area contributed by atoms with E-state index >= 15 is 0 Å². The summed E-state index contributed by atoms with van der Waals surface area (Å²) in [6, 6.07) is 9.39. The second kappa shape index (κ2) is 9.34. The van der Waals surface area contributed by atoms with Crippen LogP contribution < -0.4 is 9.05 Å². The minimum Gasteiger partial charge on any atom is -0.499 e. The topological polar surface area (TPSA) is 18.5 Å². The molecule has 0 bridgehead atoms. The second-order valence-corrected chi connectivity index (χ2v) is 17.7. The molecule has 0 aliphatic carbocycles. The molecule has 0 aromatic heterocycles. The van der Waals surface area contributed by atoms with Gasteiger partial charge in [0, 0.05) is 49.2 Å². The van der Waals surface area contributed by atoms with Gasteiger partial charge in [-0.1, -0.05) is 89.2 Å². The van der Waals surface area contributed by atoms with E-state index in [1.807, 2.05) is 18.2 Å². The predicted octanol–water partition coefficient (Wildman–Crippen LogP) is 8.23. The maximum absolute atomic E-state index is 6.47. The first kappa shape index (κ1) is 27.2. The Bertz CT molecular complexity index is 513. The molecule has 0 N–H and O–H groups in total.